The minimum atomic E-state index is -4.63. The van der Waals surface area contributed by atoms with E-state index in [0.29, 0.717) is 17.4 Å². The first-order chi connectivity index (χ1) is 41.0. The summed E-state index contributed by atoms with van der Waals surface area (Å²) in [6.07, 6.45) is 96.1. The van der Waals surface area contributed by atoms with E-state index < -0.39 is 26.6 Å². The van der Waals surface area contributed by atoms with Crippen molar-refractivity contribution in [3.8, 4) is 0 Å². The zero-order valence-electron chi connectivity index (χ0n) is 55.3. The van der Waals surface area contributed by atoms with Gasteiger partial charge in [0.15, 0.2) is 0 Å². The topological polar surface area (TPSA) is 108 Å². The van der Waals surface area contributed by atoms with Gasteiger partial charge in [0.25, 0.3) is 7.82 Å². The fraction of sp³-hybridized carbons (Fsp3) is 0.720. The van der Waals surface area contributed by atoms with Crippen molar-refractivity contribution in [1.29, 1.82) is 0 Å². The molecule has 0 radical (unpaired) electrons. The molecule has 0 aliphatic carbocycles. The molecule has 0 saturated heterocycles. The fourth-order valence-electron chi connectivity index (χ4n) is 9.76. The van der Waals surface area contributed by atoms with Crippen LogP contribution in [0.15, 0.2) is 122 Å². The van der Waals surface area contributed by atoms with Gasteiger partial charge in [-0.25, -0.2) is 0 Å². The number of nitrogens with zero attached hydrogens (tertiary/aromatic N) is 1. The molecule has 84 heavy (non-hydrogen) atoms. The second-order valence-corrected chi connectivity index (χ2v) is 25.9. The molecule has 484 valence electrons. The molecule has 8 nitrogen and oxygen atoms in total. The lowest BCUT2D eigenvalue weighted by molar-refractivity contribution is -0.870. The van der Waals surface area contributed by atoms with E-state index in [4.69, 9.17) is 9.05 Å². The van der Waals surface area contributed by atoms with Crippen molar-refractivity contribution in [2.24, 2.45) is 0 Å². The summed E-state index contributed by atoms with van der Waals surface area (Å²) in [6, 6.07) is -0.924. The number of phosphoric ester groups is 1. The number of aliphatic hydroxyl groups is 1. The van der Waals surface area contributed by atoms with E-state index in [1.807, 2.05) is 27.2 Å². The molecule has 3 unspecified atom stereocenters. The predicted octanol–water partition coefficient (Wildman–Crippen LogP) is 21.8. The van der Waals surface area contributed by atoms with E-state index in [2.05, 4.69) is 129 Å². The number of quaternary nitrogens is 1. The highest BCUT2D eigenvalue weighted by Crippen LogP contribution is 2.38. The Morgan fingerprint density at radius 1 is 0.429 bits per heavy atom. The molecule has 0 aromatic heterocycles. The molecule has 0 aromatic rings. The minimum Gasteiger partial charge on any atom is -0.756 e. The first-order valence-corrected chi connectivity index (χ1v) is 36.4. The van der Waals surface area contributed by atoms with Gasteiger partial charge >= 0.3 is 0 Å². The summed E-state index contributed by atoms with van der Waals surface area (Å²) in [5, 5.41) is 13.9. The first kappa shape index (κ1) is 80.9. The highest BCUT2D eigenvalue weighted by atomic mass is 31.2. The molecule has 0 spiro atoms. The van der Waals surface area contributed by atoms with E-state index >= 15 is 0 Å². The van der Waals surface area contributed by atoms with Gasteiger partial charge in [-0.1, -0.05) is 309 Å². The minimum absolute atomic E-state index is 0.0162. The number of amides is 1. The fourth-order valence-corrected chi connectivity index (χ4v) is 10.5. The van der Waals surface area contributed by atoms with Crippen LogP contribution >= 0.6 is 7.82 Å². The zero-order chi connectivity index (χ0) is 61.2. The highest BCUT2D eigenvalue weighted by Gasteiger charge is 2.23. The summed E-state index contributed by atoms with van der Waals surface area (Å²) >= 11 is 0. The second kappa shape index (κ2) is 64.4. The summed E-state index contributed by atoms with van der Waals surface area (Å²) in [7, 11) is 1.22. The molecule has 0 aromatic carbocycles. The third-order valence-corrected chi connectivity index (χ3v) is 16.1. The van der Waals surface area contributed by atoms with Gasteiger partial charge in [0.05, 0.1) is 39.9 Å². The Hall–Kier alpha value is -3.10. The van der Waals surface area contributed by atoms with E-state index in [1.165, 1.54) is 173 Å². The van der Waals surface area contributed by atoms with Gasteiger partial charge in [-0.05, 0) is 103 Å². The molecule has 0 bridgehead atoms. The summed E-state index contributed by atoms with van der Waals surface area (Å²) < 4.78 is 23.4. The Morgan fingerprint density at radius 2 is 0.738 bits per heavy atom. The molecule has 0 aliphatic rings. The Kier molecular flexibility index (Phi) is 62.0. The lowest BCUT2D eigenvalue weighted by Gasteiger charge is -2.29. The highest BCUT2D eigenvalue weighted by molar-refractivity contribution is 7.45. The number of unbranched alkanes of at least 4 members (excludes halogenated alkanes) is 32. The lowest BCUT2D eigenvalue weighted by Crippen LogP contribution is -2.45. The van der Waals surface area contributed by atoms with Gasteiger partial charge in [-0.15, -0.1) is 0 Å². The van der Waals surface area contributed by atoms with Gasteiger partial charge in [-0.2, -0.15) is 0 Å². The SMILES string of the molecule is CC/C=C\C/C=C\C/C=C\C/C=C\C/C=C\C/C=C\C/C=C\CCCCCCCCCCCC(=O)NC(COP(=O)([O-])OCC[N+](C)(C)C)C(O)/C=C/CC/C=C/CC/C=C/CCCCCCCCCCCCCCCCCCCCCCC. The van der Waals surface area contributed by atoms with Crippen molar-refractivity contribution in [2.75, 3.05) is 40.9 Å². The van der Waals surface area contributed by atoms with Crippen molar-refractivity contribution >= 4 is 13.7 Å². The summed E-state index contributed by atoms with van der Waals surface area (Å²) in [5.74, 6) is -0.220. The van der Waals surface area contributed by atoms with Crippen molar-refractivity contribution in [2.45, 2.75) is 309 Å². The third kappa shape index (κ3) is 66.4. The van der Waals surface area contributed by atoms with Crippen molar-refractivity contribution < 1.29 is 32.9 Å². The molecule has 1 amide bonds. The molecular weight excluding hydrogens is 1060 g/mol. The lowest BCUT2D eigenvalue weighted by atomic mass is 10.0. The summed E-state index contributed by atoms with van der Waals surface area (Å²) in [6.45, 7) is 4.52. The maximum Gasteiger partial charge on any atom is 0.268 e. The van der Waals surface area contributed by atoms with Crippen LogP contribution in [0.1, 0.15) is 296 Å². The van der Waals surface area contributed by atoms with Crippen LogP contribution in [-0.4, -0.2) is 68.5 Å². The number of carbonyl (C=O) groups is 1. The molecule has 0 fully saturated rings. The number of nitrogens with one attached hydrogen (secondary N) is 1. The number of phosphoric acid groups is 1. The average Bonchev–Trinajstić information content (AvgIpc) is 3.56. The van der Waals surface area contributed by atoms with Crippen molar-refractivity contribution in [3.05, 3.63) is 122 Å². The largest absolute Gasteiger partial charge is 0.756 e. The van der Waals surface area contributed by atoms with Crippen LogP contribution in [0.2, 0.25) is 0 Å². The second-order valence-electron chi connectivity index (χ2n) is 24.5. The molecule has 2 N–H and O–H groups in total. The standard InChI is InChI=1S/C75H133N2O6P/c1-6-8-10-12-14-16-18-20-22-24-26-28-30-32-34-36-38-40-42-44-46-48-50-52-54-56-58-60-62-64-66-68-74(78)73(72-83-84(80,81)82-71-70-77(3,4)5)76-75(79)69-67-65-63-61-59-57-55-53-51-49-47-45-43-41-39-37-35-33-31-29-27-25-23-21-19-17-15-13-11-9-7-2/h9,11,15,17,21,23,27,29,33,35,39,41,45,47,50,52,58,60,66,68,73-74,78H,6-8,10,12-14,16,18-20,22,24-26,28,30-32,34,36-38,40,42-44,46,48-49,51,53-57,59,61-65,67,69-72H2,1-5H3,(H-,76,79,80,81)/b11-9-,17-15-,23-21-,29-27-,35-33-,41-39-,47-45-,52-50+,60-58+,68-66+. The van der Waals surface area contributed by atoms with E-state index in [9.17, 15) is 19.4 Å². The van der Waals surface area contributed by atoms with E-state index in [0.717, 1.165) is 103 Å². The summed E-state index contributed by atoms with van der Waals surface area (Å²) in [4.78, 5) is 25.6. The maximum absolute atomic E-state index is 13.0. The smallest absolute Gasteiger partial charge is 0.268 e. The number of rotatable bonds is 63. The first-order valence-electron chi connectivity index (χ1n) is 34.9. The predicted molar refractivity (Wildman–Crippen MR) is 366 cm³/mol. The average molecular weight is 1190 g/mol. The molecule has 0 heterocycles. The zero-order valence-corrected chi connectivity index (χ0v) is 56.2. The third-order valence-electron chi connectivity index (χ3n) is 15.1. The van der Waals surface area contributed by atoms with Crippen LogP contribution < -0.4 is 10.2 Å². The van der Waals surface area contributed by atoms with Crippen LogP contribution in [0.5, 0.6) is 0 Å². The summed E-state index contributed by atoms with van der Waals surface area (Å²) in [5.41, 5.74) is 0. The van der Waals surface area contributed by atoms with Crippen LogP contribution in [0.3, 0.4) is 0 Å². The molecular formula is C75H133N2O6P. The number of hydrogen-bond donors (Lipinski definition) is 2. The number of hydrogen-bond acceptors (Lipinski definition) is 6. The van der Waals surface area contributed by atoms with Crippen LogP contribution in [0.25, 0.3) is 0 Å². The number of aliphatic hydroxyl groups excluding tert-OH is 1. The molecule has 3 atom stereocenters. The number of carbonyl (C=O) groups excluding carboxylic acids is 1. The van der Waals surface area contributed by atoms with E-state index in [-0.39, 0.29) is 12.5 Å². The van der Waals surface area contributed by atoms with Crippen LogP contribution in [0.4, 0.5) is 0 Å². The monoisotopic (exact) mass is 1190 g/mol. The van der Waals surface area contributed by atoms with Gasteiger partial charge in [0.2, 0.25) is 5.91 Å². The van der Waals surface area contributed by atoms with E-state index in [1.54, 1.807) is 6.08 Å². The molecule has 0 saturated carbocycles. The Balaban J connectivity index is 4.20. The van der Waals surface area contributed by atoms with Crippen molar-refractivity contribution in [1.82, 2.24) is 5.32 Å². The molecule has 0 rings (SSSR count). The van der Waals surface area contributed by atoms with Gasteiger partial charge in [-0.3, -0.25) is 9.36 Å². The molecule has 9 heteroatoms. The number of likely N-dealkylation sites (N-methyl/N-ethyl adjacent to an activating group) is 1. The number of allylic oxidation sites excluding steroid dienone is 19. The van der Waals surface area contributed by atoms with Crippen LogP contribution in [-0.2, 0) is 18.4 Å². The Bertz CT molecular complexity index is 1780. The van der Waals surface area contributed by atoms with Crippen molar-refractivity contribution in [3.63, 3.8) is 0 Å². The van der Waals surface area contributed by atoms with Crippen LogP contribution in [0, 0.1) is 0 Å². The maximum atomic E-state index is 13.0. The molecule has 0 aliphatic heterocycles. The van der Waals surface area contributed by atoms with Gasteiger partial charge < -0.3 is 28.8 Å². The Morgan fingerprint density at radius 3 is 1.11 bits per heavy atom. The normalized spacial score (nSPS) is 14.4. The quantitative estimate of drug-likeness (QED) is 0.0272. The Labute approximate surface area is 520 Å². The van der Waals surface area contributed by atoms with Gasteiger partial charge in [0.1, 0.15) is 13.2 Å². The van der Waals surface area contributed by atoms with Gasteiger partial charge in [0, 0.05) is 6.42 Å².